The van der Waals surface area contributed by atoms with Crippen LogP contribution in [0.25, 0.3) is 0 Å². The van der Waals surface area contributed by atoms with Gasteiger partial charge in [0, 0.05) is 25.2 Å². The number of carbonyl (C=O) groups is 1. The minimum Gasteiger partial charge on any atom is -0.496 e. The van der Waals surface area contributed by atoms with E-state index in [0.29, 0.717) is 6.54 Å². The highest BCUT2D eigenvalue weighted by Gasteiger charge is 2.09. The van der Waals surface area contributed by atoms with E-state index in [1.165, 1.54) is 0 Å². The molecule has 1 rings (SSSR count). The van der Waals surface area contributed by atoms with Crippen molar-refractivity contribution >= 4 is 5.97 Å². The van der Waals surface area contributed by atoms with Gasteiger partial charge in [-0.15, -0.1) is 0 Å². The van der Waals surface area contributed by atoms with Crippen LogP contribution in [0, 0.1) is 0 Å². The molecule has 0 aliphatic carbocycles. The van der Waals surface area contributed by atoms with Crippen molar-refractivity contribution in [1.29, 1.82) is 0 Å². The Balaban J connectivity index is 2.72. The lowest BCUT2D eigenvalue weighted by atomic mass is 10.1. The number of methoxy groups -OCH3 is 1. The number of nitrogens with one attached hydrogen (secondary N) is 1. The molecule has 0 saturated heterocycles. The maximum absolute atomic E-state index is 10.6. The summed E-state index contributed by atoms with van der Waals surface area (Å²) < 4.78 is 5.40. The van der Waals surface area contributed by atoms with E-state index in [1.54, 1.807) is 7.11 Å². The first-order valence-corrected chi connectivity index (χ1v) is 6.85. The molecule has 0 heterocycles. The second-order valence-corrected chi connectivity index (χ2v) is 4.69. The van der Waals surface area contributed by atoms with Gasteiger partial charge < -0.3 is 15.2 Å². The SMILES string of the molecule is CCN(CCC(=O)O)Cc1ccc(CNC)c(OC)c1. The molecule has 1 aromatic carbocycles. The molecular formula is C15H24N2O3. The van der Waals surface area contributed by atoms with Crippen molar-refractivity contribution in [2.75, 3.05) is 27.2 Å². The Morgan fingerprint density at radius 2 is 2.20 bits per heavy atom. The van der Waals surface area contributed by atoms with Crippen molar-refractivity contribution < 1.29 is 14.6 Å². The lowest BCUT2D eigenvalue weighted by molar-refractivity contribution is -0.137. The van der Waals surface area contributed by atoms with Gasteiger partial charge in [0.15, 0.2) is 0 Å². The third-order valence-corrected chi connectivity index (χ3v) is 3.21. The van der Waals surface area contributed by atoms with Crippen LogP contribution in [0.4, 0.5) is 0 Å². The van der Waals surface area contributed by atoms with Crippen molar-refractivity contribution in [3.8, 4) is 5.75 Å². The summed E-state index contributed by atoms with van der Waals surface area (Å²) in [6.45, 7) is 4.93. The summed E-state index contributed by atoms with van der Waals surface area (Å²) in [7, 11) is 3.57. The number of rotatable bonds is 9. The van der Waals surface area contributed by atoms with Crippen LogP contribution in [0.15, 0.2) is 18.2 Å². The number of carboxylic acid groups (broad SMARTS) is 1. The highest BCUT2D eigenvalue weighted by molar-refractivity contribution is 5.66. The second kappa shape index (κ2) is 8.55. The molecule has 0 saturated carbocycles. The van der Waals surface area contributed by atoms with Gasteiger partial charge in [-0.05, 0) is 25.2 Å². The van der Waals surface area contributed by atoms with E-state index in [0.717, 1.165) is 36.5 Å². The van der Waals surface area contributed by atoms with Crippen LogP contribution in [0.5, 0.6) is 5.75 Å². The summed E-state index contributed by atoms with van der Waals surface area (Å²) in [6, 6.07) is 6.14. The fourth-order valence-electron chi connectivity index (χ4n) is 2.08. The number of hydrogen-bond donors (Lipinski definition) is 2. The van der Waals surface area contributed by atoms with Gasteiger partial charge in [-0.25, -0.2) is 0 Å². The first-order valence-electron chi connectivity index (χ1n) is 6.85. The predicted molar refractivity (Wildman–Crippen MR) is 79.0 cm³/mol. The number of aliphatic carboxylic acids is 1. The van der Waals surface area contributed by atoms with E-state index in [9.17, 15) is 4.79 Å². The van der Waals surface area contributed by atoms with Crippen molar-refractivity contribution in [2.24, 2.45) is 0 Å². The summed E-state index contributed by atoms with van der Waals surface area (Å²) in [4.78, 5) is 12.7. The van der Waals surface area contributed by atoms with Crippen LogP contribution in [-0.4, -0.2) is 43.2 Å². The first kappa shape index (κ1) is 16.5. The first-order chi connectivity index (χ1) is 9.60. The molecule has 20 heavy (non-hydrogen) atoms. The second-order valence-electron chi connectivity index (χ2n) is 4.69. The van der Waals surface area contributed by atoms with E-state index in [2.05, 4.69) is 22.3 Å². The monoisotopic (exact) mass is 280 g/mol. The zero-order chi connectivity index (χ0) is 15.0. The van der Waals surface area contributed by atoms with E-state index >= 15 is 0 Å². The number of carboxylic acids is 1. The molecule has 0 unspecified atom stereocenters. The van der Waals surface area contributed by atoms with Gasteiger partial charge >= 0.3 is 5.97 Å². The van der Waals surface area contributed by atoms with Crippen LogP contribution in [0.1, 0.15) is 24.5 Å². The Bertz CT molecular complexity index is 435. The maximum Gasteiger partial charge on any atom is 0.304 e. The number of ether oxygens (including phenoxy) is 1. The highest BCUT2D eigenvalue weighted by Crippen LogP contribution is 2.21. The summed E-state index contributed by atoms with van der Waals surface area (Å²) in [5.41, 5.74) is 2.25. The molecule has 0 aliphatic heterocycles. The van der Waals surface area contributed by atoms with E-state index in [4.69, 9.17) is 9.84 Å². The Morgan fingerprint density at radius 1 is 1.45 bits per heavy atom. The van der Waals surface area contributed by atoms with E-state index in [-0.39, 0.29) is 6.42 Å². The third kappa shape index (κ3) is 5.19. The topological polar surface area (TPSA) is 61.8 Å². The quantitative estimate of drug-likeness (QED) is 0.721. The lowest BCUT2D eigenvalue weighted by Gasteiger charge is -2.20. The molecule has 2 N–H and O–H groups in total. The fraction of sp³-hybridized carbons (Fsp3) is 0.533. The summed E-state index contributed by atoms with van der Waals surface area (Å²) >= 11 is 0. The van der Waals surface area contributed by atoms with Gasteiger partial charge in [-0.2, -0.15) is 0 Å². The van der Waals surface area contributed by atoms with E-state index < -0.39 is 5.97 Å². The molecule has 1 aromatic rings. The Kier molecular flexibility index (Phi) is 7.04. The van der Waals surface area contributed by atoms with Gasteiger partial charge in [0.05, 0.1) is 13.5 Å². The van der Waals surface area contributed by atoms with Crippen LogP contribution in [0.2, 0.25) is 0 Å². The van der Waals surface area contributed by atoms with Crippen molar-refractivity contribution in [1.82, 2.24) is 10.2 Å². The standard InChI is InChI=1S/C15H24N2O3/c1-4-17(8-7-15(18)19)11-12-5-6-13(10-16-2)14(9-12)20-3/h5-6,9,16H,4,7-8,10-11H2,1-3H3,(H,18,19). The van der Waals surface area contributed by atoms with Gasteiger partial charge in [0.25, 0.3) is 0 Å². The smallest absolute Gasteiger partial charge is 0.304 e. The number of hydrogen-bond acceptors (Lipinski definition) is 4. The molecule has 0 aliphatic rings. The fourth-order valence-corrected chi connectivity index (χ4v) is 2.08. The van der Waals surface area contributed by atoms with Crippen LogP contribution >= 0.6 is 0 Å². The highest BCUT2D eigenvalue weighted by atomic mass is 16.5. The van der Waals surface area contributed by atoms with Crippen LogP contribution in [0.3, 0.4) is 0 Å². The molecule has 0 amide bonds. The van der Waals surface area contributed by atoms with Crippen molar-refractivity contribution in [3.05, 3.63) is 29.3 Å². The summed E-state index contributed by atoms with van der Waals surface area (Å²) in [5, 5.41) is 11.9. The van der Waals surface area contributed by atoms with Crippen LogP contribution in [-0.2, 0) is 17.9 Å². The normalized spacial score (nSPS) is 10.8. The summed E-state index contributed by atoms with van der Waals surface area (Å²) in [6.07, 6.45) is 0.169. The average Bonchev–Trinajstić information content (AvgIpc) is 2.44. The Morgan fingerprint density at radius 3 is 2.75 bits per heavy atom. The predicted octanol–water partition coefficient (Wildman–Crippen LogP) is 1.71. The molecule has 0 spiro atoms. The summed E-state index contributed by atoms with van der Waals surface area (Å²) in [5.74, 6) is 0.108. The minimum atomic E-state index is -0.759. The number of benzene rings is 1. The minimum absolute atomic E-state index is 0.169. The molecule has 0 bridgehead atoms. The zero-order valence-corrected chi connectivity index (χ0v) is 12.5. The largest absolute Gasteiger partial charge is 0.496 e. The zero-order valence-electron chi connectivity index (χ0n) is 12.5. The maximum atomic E-state index is 10.6. The van der Waals surface area contributed by atoms with Crippen molar-refractivity contribution in [2.45, 2.75) is 26.4 Å². The van der Waals surface area contributed by atoms with Gasteiger partial charge in [-0.1, -0.05) is 19.1 Å². The van der Waals surface area contributed by atoms with Gasteiger partial charge in [0.2, 0.25) is 0 Å². The average molecular weight is 280 g/mol. The van der Waals surface area contributed by atoms with Gasteiger partial charge in [0.1, 0.15) is 5.75 Å². The molecule has 0 radical (unpaired) electrons. The molecule has 0 aromatic heterocycles. The lowest BCUT2D eigenvalue weighted by Crippen LogP contribution is -2.25. The molecule has 0 atom stereocenters. The molecule has 112 valence electrons. The molecule has 0 fully saturated rings. The van der Waals surface area contributed by atoms with Gasteiger partial charge in [-0.3, -0.25) is 9.69 Å². The third-order valence-electron chi connectivity index (χ3n) is 3.21. The Labute approximate surface area is 120 Å². The van der Waals surface area contributed by atoms with Crippen LogP contribution < -0.4 is 10.1 Å². The molecule has 5 heteroatoms. The molecular weight excluding hydrogens is 256 g/mol. The van der Waals surface area contributed by atoms with E-state index in [1.807, 2.05) is 20.0 Å². The Hall–Kier alpha value is -1.59. The molecule has 5 nitrogen and oxygen atoms in total. The number of nitrogens with zero attached hydrogens (tertiary/aromatic N) is 1. The van der Waals surface area contributed by atoms with Crippen molar-refractivity contribution in [3.63, 3.8) is 0 Å².